The van der Waals surface area contributed by atoms with Crippen LogP contribution in [0.15, 0.2) is 29.3 Å². The third-order valence-electron chi connectivity index (χ3n) is 2.93. The quantitative estimate of drug-likeness (QED) is 0.636. The minimum absolute atomic E-state index is 0.518. The number of nitrogens with one attached hydrogen (secondary N) is 1. The van der Waals surface area contributed by atoms with Crippen LogP contribution in [0.2, 0.25) is 0 Å². The fourth-order valence-corrected chi connectivity index (χ4v) is 2.26. The summed E-state index contributed by atoms with van der Waals surface area (Å²) >= 11 is 0. The number of para-hydroxylation sites is 1. The Labute approximate surface area is 77.7 Å². The third kappa shape index (κ3) is 0.981. The van der Waals surface area contributed by atoms with Crippen molar-refractivity contribution in [3.05, 3.63) is 29.8 Å². The molecule has 0 fully saturated rings. The Bertz CT molecular complexity index is 357. The number of fused-ring (bicyclic) bond motifs is 3. The minimum atomic E-state index is 0.518. The molecule has 2 nitrogen and oxygen atoms in total. The van der Waals surface area contributed by atoms with Gasteiger partial charge in [0.2, 0.25) is 0 Å². The van der Waals surface area contributed by atoms with Gasteiger partial charge in [0, 0.05) is 30.4 Å². The predicted octanol–water partition coefficient (Wildman–Crippen LogP) is 2.04. The van der Waals surface area contributed by atoms with Gasteiger partial charge in [-0.25, -0.2) is 0 Å². The lowest BCUT2D eigenvalue weighted by atomic mass is 9.93. The number of benzene rings is 1. The fraction of sp³-hybridized carbons (Fsp3) is 0.364. The molecule has 2 aliphatic rings. The molecule has 0 spiro atoms. The molecule has 66 valence electrons. The maximum atomic E-state index is 4.35. The van der Waals surface area contributed by atoms with Crippen molar-refractivity contribution in [2.24, 2.45) is 4.99 Å². The van der Waals surface area contributed by atoms with Crippen LogP contribution in [0.3, 0.4) is 0 Å². The first-order valence-electron chi connectivity index (χ1n) is 4.80. The molecular formula is C11H12N2. The molecule has 1 aromatic carbocycles. The maximum Gasteiger partial charge on any atom is 0.0411 e. The van der Waals surface area contributed by atoms with E-state index >= 15 is 0 Å². The van der Waals surface area contributed by atoms with Gasteiger partial charge in [-0.3, -0.25) is 4.99 Å². The molecule has 1 N–H and O–H groups in total. The van der Waals surface area contributed by atoms with Gasteiger partial charge in [0.1, 0.15) is 0 Å². The lowest BCUT2D eigenvalue weighted by Gasteiger charge is -2.19. The molecule has 2 aliphatic heterocycles. The van der Waals surface area contributed by atoms with Crippen LogP contribution in [0.25, 0.3) is 0 Å². The van der Waals surface area contributed by atoms with Gasteiger partial charge in [-0.2, -0.15) is 0 Å². The molecule has 0 bridgehead atoms. The highest BCUT2D eigenvalue weighted by molar-refractivity contribution is 5.78. The van der Waals surface area contributed by atoms with E-state index in [1.54, 1.807) is 0 Å². The highest BCUT2D eigenvalue weighted by atomic mass is 15.0. The summed E-state index contributed by atoms with van der Waals surface area (Å²) in [5.41, 5.74) is 2.71. The molecule has 0 saturated heterocycles. The number of hydrogen-bond donors (Lipinski definition) is 1. The zero-order valence-corrected chi connectivity index (χ0v) is 7.40. The van der Waals surface area contributed by atoms with Crippen molar-refractivity contribution in [1.82, 2.24) is 0 Å². The Balaban J connectivity index is 2.09. The summed E-state index contributed by atoms with van der Waals surface area (Å²) in [4.78, 5) is 4.35. The van der Waals surface area contributed by atoms with Crippen LogP contribution in [0, 0.1) is 0 Å². The first-order valence-corrected chi connectivity index (χ1v) is 4.80. The van der Waals surface area contributed by atoms with E-state index in [-0.39, 0.29) is 0 Å². The zero-order chi connectivity index (χ0) is 8.67. The topological polar surface area (TPSA) is 24.4 Å². The van der Waals surface area contributed by atoms with Crippen LogP contribution in [0.4, 0.5) is 5.69 Å². The molecule has 0 radical (unpaired) electrons. The Morgan fingerprint density at radius 1 is 1.31 bits per heavy atom. The van der Waals surface area contributed by atoms with Gasteiger partial charge in [-0.1, -0.05) is 18.2 Å². The zero-order valence-electron chi connectivity index (χ0n) is 7.40. The number of anilines is 1. The van der Waals surface area contributed by atoms with Crippen LogP contribution >= 0.6 is 0 Å². The Kier molecular flexibility index (Phi) is 1.42. The van der Waals surface area contributed by atoms with Crippen molar-refractivity contribution < 1.29 is 0 Å². The van der Waals surface area contributed by atoms with E-state index in [4.69, 9.17) is 0 Å². The summed E-state index contributed by atoms with van der Waals surface area (Å²) < 4.78 is 0. The van der Waals surface area contributed by atoms with E-state index < -0.39 is 0 Å². The van der Waals surface area contributed by atoms with Crippen LogP contribution in [-0.4, -0.2) is 18.8 Å². The summed E-state index contributed by atoms with van der Waals surface area (Å²) in [5.74, 6) is 0.518. The van der Waals surface area contributed by atoms with Gasteiger partial charge in [0.15, 0.2) is 0 Å². The van der Waals surface area contributed by atoms with Gasteiger partial charge < -0.3 is 5.32 Å². The Hall–Kier alpha value is -1.31. The predicted molar refractivity (Wildman–Crippen MR) is 54.6 cm³/mol. The number of hydrogen-bond acceptors (Lipinski definition) is 2. The molecule has 2 heterocycles. The van der Waals surface area contributed by atoms with Gasteiger partial charge in [0.05, 0.1) is 0 Å². The summed E-state index contributed by atoms with van der Waals surface area (Å²) in [6.07, 6.45) is 3.27. The first kappa shape index (κ1) is 7.13. The molecule has 0 amide bonds. The van der Waals surface area contributed by atoms with E-state index in [9.17, 15) is 0 Å². The highest BCUT2D eigenvalue weighted by Crippen LogP contribution is 2.37. The average molecular weight is 172 g/mol. The van der Waals surface area contributed by atoms with Gasteiger partial charge in [0.25, 0.3) is 0 Å². The lowest BCUT2D eigenvalue weighted by Crippen LogP contribution is -2.25. The van der Waals surface area contributed by atoms with Gasteiger partial charge >= 0.3 is 0 Å². The average Bonchev–Trinajstić information content (AvgIpc) is 2.56. The second-order valence-electron chi connectivity index (χ2n) is 3.71. The molecular weight excluding hydrogens is 160 g/mol. The van der Waals surface area contributed by atoms with Crippen molar-refractivity contribution in [3.8, 4) is 0 Å². The standard InChI is InChI=1S/C11H12N2/c1-2-4-10-8(3-1)9-7-12-6-5-11(9)13-10/h1-4,7,9,11,13H,5-6H2. The molecule has 2 heteroatoms. The lowest BCUT2D eigenvalue weighted by molar-refractivity contribution is 0.633. The number of nitrogens with zero attached hydrogens (tertiary/aromatic N) is 1. The van der Waals surface area contributed by atoms with Crippen LogP contribution in [0.5, 0.6) is 0 Å². The van der Waals surface area contributed by atoms with Gasteiger partial charge in [-0.05, 0) is 18.1 Å². The van der Waals surface area contributed by atoms with E-state index in [2.05, 4.69) is 40.8 Å². The summed E-state index contributed by atoms with van der Waals surface area (Å²) in [6, 6.07) is 9.13. The molecule has 2 unspecified atom stereocenters. The Morgan fingerprint density at radius 3 is 3.23 bits per heavy atom. The largest absolute Gasteiger partial charge is 0.381 e. The van der Waals surface area contributed by atoms with Crippen molar-refractivity contribution in [1.29, 1.82) is 0 Å². The van der Waals surface area contributed by atoms with Crippen molar-refractivity contribution in [2.75, 3.05) is 11.9 Å². The molecule has 0 aromatic heterocycles. The van der Waals surface area contributed by atoms with E-state index in [1.165, 1.54) is 11.3 Å². The monoisotopic (exact) mass is 172 g/mol. The smallest absolute Gasteiger partial charge is 0.0411 e. The maximum absolute atomic E-state index is 4.35. The van der Waals surface area contributed by atoms with Crippen molar-refractivity contribution >= 4 is 11.9 Å². The fourth-order valence-electron chi connectivity index (χ4n) is 2.26. The number of rotatable bonds is 0. The Morgan fingerprint density at radius 2 is 2.23 bits per heavy atom. The van der Waals surface area contributed by atoms with Crippen LogP contribution in [-0.2, 0) is 0 Å². The SMILES string of the molecule is C1=NCCC2Nc3ccccc3C12. The van der Waals surface area contributed by atoms with E-state index in [1.807, 2.05) is 0 Å². The molecule has 1 aromatic rings. The molecule has 0 saturated carbocycles. The van der Waals surface area contributed by atoms with Crippen LogP contribution in [0.1, 0.15) is 17.9 Å². The summed E-state index contributed by atoms with van der Waals surface area (Å²) in [7, 11) is 0. The molecule has 3 rings (SSSR count). The summed E-state index contributed by atoms with van der Waals surface area (Å²) in [6.45, 7) is 0.974. The van der Waals surface area contributed by atoms with Crippen molar-refractivity contribution in [2.45, 2.75) is 18.4 Å². The third-order valence-corrected chi connectivity index (χ3v) is 2.93. The van der Waals surface area contributed by atoms with Crippen molar-refractivity contribution in [3.63, 3.8) is 0 Å². The second kappa shape index (κ2) is 2.59. The highest BCUT2D eigenvalue weighted by Gasteiger charge is 2.31. The minimum Gasteiger partial charge on any atom is -0.381 e. The normalized spacial score (nSPS) is 29.2. The molecule has 0 aliphatic carbocycles. The van der Waals surface area contributed by atoms with E-state index in [0.717, 1.165) is 13.0 Å². The van der Waals surface area contributed by atoms with E-state index in [0.29, 0.717) is 12.0 Å². The second-order valence-corrected chi connectivity index (χ2v) is 3.71. The summed E-state index contributed by atoms with van der Waals surface area (Å²) in [5, 5.41) is 3.55. The molecule has 2 atom stereocenters. The van der Waals surface area contributed by atoms with Crippen LogP contribution < -0.4 is 5.32 Å². The first-order chi connectivity index (χ1) is 6.45. The molecule has 13 heavy (non-hydrogen) atoms. The van der Waals surface area contributed by atoms with Gasteiger partial charge in [-0.15, -0.1) is 0 Å². The number of aliphatic imine (C=N–C) groups is 1.